The van der Waals surface area contributed by atoms with E-state index in [1.54, 1.807) is 6.08 Å². The number of aromatic nitrogens is 1. The maximum Gasteiger partial charge on any atom is 0.342 e. The molecule has 0 aliphatic rings. The van der Waals surface area contributed by atoms with Crippen molar-refractivity contribution in [3.8, 4) is 11.5 Å². The average Bonchev–Trinajstić information content (AvgIpc) is 3.15. The molecule has 0 saturated heterocycles. The third-order valence-corrected chi connectivity index (χ3v) is 4.19. The summed E-state index contributed by atoms with van der Waals surface area (Å²) in [6.07, 6.45) is 4.53. The molecule has 5 nitrogen and oxygen atoms in total. The normalized spacial score (nSPS) is 13.4. The third-order valence-electron chi connectivity index (χ3n) is 4.19. The van der Waals surface area contributed by atoms with Crippen molar-refractivity contribution in [2.45, 2.75) is 18.9 Å². The maximum absolute atomic E-state index is 12.2. The standard InChI is InChI=1S/C22H21NO4/c1-16-8-10-18(11-9-16)20-23-15-19(27-20)14-22(25,21(24)26-2)13-12-17-6-4-3-5-7-17/h3-13,15,25H,14H2,1-2H3/b13-12+/t22-/m0/s1. The van der Waals surface area contributed by atoms with Crippen molar-refractivity contribution < 1.29 is 19.1 Å². The van der Waals surface area contributed by atoms with Crippen LogP contribution in [0.25, 0.3) is 17.5 Å². The molecule has 138 valence electrons. The predicted molar refractivity (Wildman–Crippen MR) is 103 cm³/mol. The fourth-order valence-corrected chi connectivity index (χ4v) is 2.66. The van der Waals surface area contributed by atoms with Gasteiger partial charge < -0.3 is 14.3 Å². The van der Waals surface area contributed by atoms with E-state index in [0.717, 1.165) is 16.7 Å². The highest BCUT2D eigenvalue weighted by Gasteiger charge is 2.36. The van der Waals surface area contributed by atoms with Crippen molar-refractivity contribution >= 4 is 12.0 Å². The van der Waals surface area contributed by atoms with E-state index in [-0.39, 0.29) is 6.42 Å². The number of nitrogens with zero attached hydrogens (tertiary/aromatic N) is 1. The number of carbonyl (C=O) groups excluding carboxylic acids is 1. The molecule has 0 spiro atoms. The summed E-state index contributed by atoms with van der Waals surface area (Å²) in [6.45, 7) is 2.00. The zero-order valence-corrected chi connectivity index (χ0v) is 15.3. The van der Waals surface area contributed by atoms with E-state index in [9.17, 15) is 9.90 Å². The van der Waals surface area contributed by atoms with Crippen molar-refractivity contribution in [3.05, 3.63) is 83.8 Å². The van der Waals surface area contributed by atoms with E-state index < -0.39 is 11.6 Å². The molecule has 0 aliphatic heterocycles. The van der Waals surface area contributed by atoms with Gasteiger partial charge in [0.05, 0.1) is 19.7 Å². The highest BCUT2D eigenvalue weighted by molar-refractivity contribution is 5.83. The van der Waals surface area contributed by atoms with Gasteiger partial charge in [0.1, 0.15) is 5.76 Å². The Bertz CT molecular complexity index is 928. The minimum atomic E-state index is -1.85. The van der Waals surface area contributed by atoms with E-state index in [4.69, 9.17) is 9.15 Å². The lowest BCUT2D eigenvalue weighted by molar-refractivity contribution is -0.157. The molecule has 0 saturated carbocycles. The fourth-order valence-electron chi connectivity index (χ4n) is 2.66. The number of carbonyl (C=O) groups is 1. The van der Waals surface area contributed by atoms with Crippen LogP contribution in [-0.2, 0) is 16.0 Å². The van der Waals surface area contributed by atoms with Crippen molar-refractivity contribution in [3.63, 3.8) is 0 Å². The van der Waals surface area contributed by atoms with Gasteiger partial charge in [0, 0.05) is 5.56 Å². The van der Waals surface area contributed by atoms with Gasteiger partial charge in [-0.05, 0) is 30.7 Å². The summed E-state index contributed by atoms with van der Waals surface area (Å²) in [6, 6.07) is 17.1. The van der Waals surface area contributed by atoms with Crippen LogP contribution in [0.5, 0.6) is 0 Å². The molecule has 0 unspecified atom stereocenters. The summed E-state index contributed by atoms with van der Waals surface area (Å²) in [5.41, 5.74) is 0.969. The first-order valence-corrected chi connectivity index (χ1v) is 8.57. The number of hydrogen-bond donors (Lipinski definition) is 1. The predicted octanol–water partition coefficient (Wildman–Crippen LogP) is 3.81. The Morgan fingerprint density at radius 3 is 2.56 bits per heavy atom. The van der Waals surface area contributed by atoms with Crippen LogP contribution in [0.3, 0.4) is 0 Å². The van der Waals surface area contributed by atoms with Crippen LogP contribution in [0.15, 0.2) is 71.3 Å². The van der Waals surface area contributed by atoms with Crippen molar-refractivity contribution in [1.82, 2.24) is 4.98 Å². The Hall–Kier alpha value is -3.18. The molecule has 0 aliphatic carbocycles. The molecular formula is C22H21NO4. The molecule has 27 heavy (non-hydrogen) atoms. The zero-order valence-electron chi connectivity index (χ0n) is 15.3. The first kappa shape index (κ1) is 18.6. The number of rotatable bonds is 6. The minimum Gasteiger partial charge on any atom is -0.467 e. The zero-order chi connectivity index (χ0) is 19.3. The molecule has 5 heteroatoms. The third kappa shape index (κ3) is 4.51. The number of benzene rings is 2. The molecular weight excluding hydrogens is 342 g/mol. The van der Waals surface area contributed by atoms with Gasteiger partial charge in [-0.1, -0.05) is 54.1 Å². The van der Waals surface area contributed by atoms with Crippen LogP contribution in [-0.4, -0.2) is 28.8 Å². The van der Waals surface area contributed by atoms with E-state index in [2.05, 4.69) is 4.98 Å². The van der Waals surface area contributed by atoms with Gasteiger partial charge in [-0.15, -0.1) is 0 Å². The van der Waals surface area contributed by atoms with E-state index >= 15 is 0 Å². The van der Waals surface area contributed by atoms with Gasteiger partial charge in [0.25, 0.3) is 0 Å². The lowest BCUT2D eigenvalue weighted by Gasteiger charge is -2.20. The van der Waals surface area contributed by atoms with Crippen LogP contribution in [0.4, 0.5) is 0 Å². The summed E-state index contributed by atoms with van der Waals surface area (Å²) in [7, 11) is 1.24. The molecule has 0 amide bonds. The Balaban J connectivity index is 1.83. The number of aryl methyl sites for hydroxylation is 1. The number of aliphatic hydroxyl groups is 1. The molecule has 0 fully saturated rings. The Labute approximate surface area is 157 Å². The van der Waals surface area contributed by atoms with E-state index in [0.29, 0.717) is 11.7 Å². The van der Waals surface area contributed by atoms with Crippen LogP contribution in [0.1, 0.15) is 16.9 Å². The average molecular weight is 363 g/mol. The molecule has 1 aromatic heterocycles. The number of oxazole rings is 1. The van der Waals surface area contributed by atoms with Gasteiger partial charge in [-0.2, -0.15) is 0 Å². The molecule has 3 rings (SSSR count). The van der Waals surface area contributed by atoms with Crippen LogP contribution < -0.4 is 0 Å². The maximum atomic E-state index is 12.2. The molecule has 1 atom stereocenters. The van der Waals surface area contributed by atoms with Crippen molar-refractivity contribution in [2.75, 3.05) is 7.11 Å². The van der Waals surface area contributed by atoms with Crippen molar-refractivity contribution in [1.29, 1.82) is 0 Å². The number of hydrogen-bond acceptors (Lipinski definition) is 5. The van der Waals surface area contributed by atoms with E-state index in [1.165, 1.54) is 19.4 Å². The van der Waals surface area contributed by atoms with Gasteiger partial charge in [-0.25, -0.2) is 9.78 Å². The van der Waals surface area contributed by atoms with Crippen molar-refractivity contribution in [2.24, 2.45) is 0 Å². The van der Waals surface area contributed by atoms with E-state index in [1.807, 2.05) is 61.5 Å². The molecule has 1 heterocycles. The first-order chi connectivity index (χ1) is 13.0. The second-order valence-corrected chi connectivity index (χ2v) is 6.33. The van der Waals surface area contributed by atoms with Crippen LogP contribution in [0, 0.1) is 6.92 Å². The molecule has 1 N–H and O–H groups in total. The second-order valence-electron chi connectivity index (χ2n) is 6.33. The second kappa shape index (κ2) is 8.01. The molecule has 2 aromatic carbocycles. The lowest BCUT2D eigenvalue weighted by atomic mass is 9.97. The Morgan fingerprint density at radius 1 is 1.19 bits per heavy atom. The van der Waals surface area contributed by atoms with Gasteiger partial charge in [-0.3, -0.25) is 0 Å². The smallest absolute Gasteiger partial charge is 0.342 e. The number of methoxy groups -OCH3 is 1. The first-order valence-electron chi connectivity index (χ1n) is 8.57. The fraction of sp³-hybridized carbons (Fsp3) is 0.182. The van der Waals surface area contributed by atoms with Gasteiger partial charge >= 0.3 is 5.97 Å². The van der Waals surface area contributed by atoms with Crippen LogP contribution in [0.2, 0.25) is 0 Å². The molecule has 3 aromatic rings. The van der Waals surface area contributed by atoms with Gasteiger partial charge in [0.2, 0.25) is 5.89 Å². The Morgan fingerprint density at radius 2 is 1.89 bits per heavy atom. The summed E-state index contributed by atoms with van der Waals surface area (Å²) in [5, 5.41) is 10.9. The molecule has 0 bridgehead atoms. The minimum absolute atomic E-state index is 0.0815. The summed E-state index contributed by atoms with van der Waals surface area (Å²) in [5.74, 6) is 0.0587. The Kier molecular flexibility index (Phi) is 5.52. The summed E-state index contributed by atoms with van der Waals surface area (Å²) in [4.78, 5) is 16.4. The van der Waals surface area contributed by atoms with Crippen LogP contribution >= 0.6 is 0 Å². The SMILES string of the molecule is COC(=O)[C@](O)(/C=C/c1ccccc1)Cc1cnc(-c2ccc(C)cc2)o1. The topological polar surface area (TPSA) is 72.6 Å². The number of esters is 1. The highest BCUT2D eigenvalue weighted by Crippen LogP contribution is 2.24. The lowest BCUT2D eigenvalue weighted by Crippen LogP contribution is -2.39. The summed E-state index contributed by atoms with van der Waals surface area (Å²) < 4.78 is 10.5. The molecule has 0 radical (unpaired) electrons. The number of ether oxygens (including phenoxy) is 1. The monoisotopic (exact) mass is 363 g/mol. The largest absolute Gasteiger partial charge is 0.467 e. The quantitative estimate of drug-likeness (QED) is 0.674. The highest BCUT2D eigenvalue weighted by atomic mass is 16.5. The summed E-state index contributed by atoms with van der Waals surface area (Å²) >= 11 is 0. The van der Waals surface area contributed by atoms with Gasteiger partial charge in [0.15, 0.2) is 5.60 Å².